The van der Waals surface area contributed by atoms with E-state index < -0.39 is 20.7 Å². The van der Waals surface area contributed by atoms with E-state index >= 15 is 0 Å². The lowest BCUT2D eigenvalue weighted by Crippen LogP contribution is -2.63. The van der Waals surface area contributed by atoms with Gasteiger partial charge in [-0.2, -0.15) is 4.31 Å². The number of amides is 1. The molecule has 0 saturated carbocycles. The molecule has 3 N–H and O–H groups in total. The minimum atomic E-state index is -3.93. The van der Waals surface area contributed by atoms with Crippen LogP contribution in [0, 0.1) is 33.6 Å². The maximum Gasteiger partial charge on any atom is 0.266 e. The Bertz CT molecular complexity index is 993. The first kappa shape index (κ1) is 27.9. The van der Waals surface area contributed by atoms with Gasteiger partial charge in [0, 0.05) is 31.9 Å². The molecule has 0 aliphatic carbocycles. The molecule has 2 saturated heterocycles. The number of hydrogen-bond donors (Lipinski definition) is 3. The number of nitrogens with zero attached hydrogens (tertiary/aromatic N) is 2. The summed E-state index contributed by atoms with van der Waals surface area (Å²) >= 11 is 0. The van der Waals surface area contributed by atoms with E-state index in [4.69, 9.17) is 0 Å². The molecular formula is C26H44N4O4S. The first-order chi connectivity index (χ1) is 16.6. The van der Waals surface area contributed by atoms with Crippen molar-refractivity contribution in [1.82, 2.24) is 15.1 Å². The van der Waals surface area contributed by atoms with E-state index in [0.717, 1.165) is 6.42 Å². The highest BCUT2D eigenvalue weighted by Crippen LogP contribution is 2.37. The maximum atomic E-state index is 13.7. The van der Waals surface area contributed by atoms with Crippen molar-refractivity contribution < 1.29 is 18.4 Å². The van der Waals surface area contributed by atoms with Crippen LogP contribution in [0.5, 0.6) is 0 Å². The zero-order valence-corrected chi connectivity index (χ0v) is 23.1. The normalized spacial score (nSPS) is 19.3. The Kier molecular flexibility index (Phi) is 8.89. The fourth-order valence-corrected chi connectivity index (χ4v) is 8.09. The van der Waals surface area contributed by atoms with Gasteiger partial charge in [-0.05, 0) is 93.8 Å². The number of piperazine rings is 1. The lowest BCUT2D eigenvalue weighted by Gasteiger charge is -2.43. The maximum absolute atomic E-state index is 13.7. The third-order valence-electron chi connectivity index (χ3n) is 8.70. The second-order valence-corrected chi connectivity index (χ2v) is 12.5. The number of anilines is 1. The van der Waals surface area contributed by atoms with E-state index in [0.29, 0.717) is 45.2 Å². The summed E-state index contributed by atoms with van der Waals surface area (Å²) in [4.78, 5) is 14.9. The van der Waals surface area contributed by atoms with Gasteiger partial charge in [-0.25, -0.2) is 13.9 Å². The van der Waals surface area contributed by atoms with Crippen molar-refractivity contribution in [3.8, 4) is 0 Å². The molecule has 0 bridgehead atoms. The van der Waals surface area contributed by atoms with Gasteiger partial charge in [-0.15, -0.1) is 0 Å². The Labute approximate surface area is 211 Å². The largest absolute Gasteiger partial charge is 0.368 e. The van der Waals surface area contributed by atoms with Gasteiger partial charge in [0.25, 0.3) is 5.91 Å². The standard InChI is InChI=1S/C26H44N4O4S/c1-7-22(8-2)17-23-18(3)20(5)24(21(6)19(23)4)29-13-15-30(16-14-29)35(33,34)26(25(31)28-32)9-11-27-12-10-26/h22,27,32H,7-17H2,1-6H3,(H,28,31). The average Bonchev–Trinajstić information content (AvgIpc) is 2.88. The predicted molar refractivity (Wildman–Crippen MR) is 141 cm³/mol. The van der Waals surface area contributed by atoms with Crippen LogP contribution in [-0.2, 0) is 21.2 Å². The van der Waals surface area contributed by atoms with Gasteiger partial charge >= 0.3 is 0 Å². The molecule has 0 unspecified atom stereocenters. The number of sulfonamides is 1. The Balaban J connectivity index is 1.85. The monoisotopic (exact) mass is 508 g/mol. The number of piperidine rings is 1. The average molecular weight is 509 g/mol. The lowest BCUT2D eigenvalue weighted by molar-refractivity contribution is -0.132. The molecule has 2 fully saturated rings. The molecule has 0 spiro atoms. The minimum Gasteiger partial charge on any atom is -0.368 e. The summed E-state index contributed by atoms with van der Waals surface area (Å²) in [6, 6.07) is 0. The minimum absolute atomic E-state index is 0.149. The van der Waals surface area contributed by atoms with Crippen LogP contribution >= 0.6 is 0 Å². The predicted octanol–water partition coefficient (Wildman–Crippen LogP) is 2.98. The van der Waals surface area contributed by atoms with Gasteiger partial charge in [0.2, 0.25) is 10.0 Å². The van der Waals surface area contributed by atoms with Crippen LogP contribution < -0.4 is 15.7 Å². The van der Waals surface area contributed by atoms with Crippen LogP contribution in [0.4, 0.5) is 5.69 Å². The van der Waals surface area contributed by atoms with Crippen LogP contribution in [0.1, 0.15) is 67.3 Å². The second-order valence-electron chi connectivity index (χ2n) is 10.3. The van der Waals surface area contributed by atoms with Crippen molar-refractivity contribution in [2.24, 2.45) is 5.92 Å². The Morgan fingerprint density at radius 2 is 1.49 bits per heavy atom. The zero-order chi connectivity index (χ0) is 26.0. The number of hydroxylamine groups is 1. The molecule has 1 aromatic rings. The smallest absolute Gasteiger partial charge is 0.266 e. The summed E-state index contributed by atoms with van der Waals surface area (Å²) in [5, 5.41) is 12.4. The molecule has 2 aliphatic heterocycles. The summed E-state index contributed by atoms with van der Waals surface area (Å²) in [6.07, 6.45) is 3.75. The topological polar surface area (TPSA) is 102 Å². The molecule has 2 aliphatic rings. The molecule has 35 heavy (non-hydrogen) atoms. The summed E-state index contributed by atoms with van der Waals surface area (Å²) in [5.41, 5.74) is 9.55. The highest BCUT2D eigenvalue weighted by atomic mass is 32.2. The van der Waals surface area contributed by atoms with Crippen LogP contribution in [0.3, 0.4) is 0 Å². The Morgan fingerprint density at radius 1 is 0.971 bits per heavy atom. The van der Waals surface area contributed by atoms with Gasteiger partial charge in [0.15, 0.2) is 4.75 Å². The first-order valence-corrected chi connectivity index (χ1v) is 14.5. The van der Waals surface area contributed by atoms with Gasteiger partial charge in [0.1, 0.15) is 0 Å². The summed E-state index contributed by atoms with van der Waals surface area (Å²) in [7, 11) is -3.93. The van der Waals surface area contributed by atoms with Gasteiger partial charge in [-0.3, -0.25) is 10.0 Å². The van der Waals surface area contributed by atoms with Gasteiger partial charge in [-0.1, -0.05) is 26.7 Å². The van der Waals surface area contributed by atoms with Crippen molar-refractivity contribution in [2.75, 3.05) is 44.2 Å². The third-order valence-corrected chi connectivity index (χ3v) is 11.3. The van der Waals surface area contributed by atoms with Crippen LogP contribution in [0.25, 0.3) is 0 Å². The van der Waals surface area contributed by atoms with E-state index in [9.17, 15) is 18.4 Å². The van der Waals surface area contributed by atoms with Crippen LogP contribution in [-0.4, -0.2) is 67.9 Å². The molecule has 9 heteroatoms. The number of hydrogen-bond acceptors (Lipinski definition) is 6. The summed E-state index contributed by atoms with van der Waals surface area (Å²) < 4.78 is 27.2. The molecule has 0 atom stereocenters. The van der Waals surface area contributed by atoms with Crippen molar-refractivity contribution in [2.45, 2.75) is 78.4 Å². The number of rotatable bonds is 8. The van der Waals surface area contributed by atoms with Crippen LogP contribution in [0.2, 0.25) is 0 Å². The first-order valence-electron chi connectivity index (χ1n) is 13.0. The SMILES string of the molecule is CCC(CC)Cc1c(C)c(C)c(N2CCN(S(=O)(=O)C3(C(=O)NO)CCNCC3)CC2)c(C)c1C. The van der Waals surface area contributed by atoms with Crippen molar-refractivity contribution >= 4 is 21.6 Å². The fraction of sp³-hybridized carbons (Fsp3) is 0.731. The molecule has 2 heterocycles. The summed E-state index contributed by atoms with van der Waals surface area (Å²) in [6.45, 7) is 16.0. The third kappa shape index (κ3) is 4.97. The van der Waals surface area contributed by atoms with E-state index in [2.05, 4.69) is 51.8 Å². The molecule has 0 radical (unpaired) electrons. The highest BCUT2D eigenvalue weighted by Gasteiger charge is 2.54. The molecule has 1 amide bonds. The van der Waals surface area contributed by atoms with Crippen molar-refractivity contribution in [3.05, 3.63) is 27.8 Å². The van der Waals surface area contributed by atoms with Gasteiger partial charge in [0.05, 0.1) is 0 Å². The zero-order valence-electron chi connectivity index (χ0n) is 22.3. The van der Waals surface area contributed by atoms with Gasteiger partial charge < -0.3 is 10.2 Å². The molecule has 1 aromatic carbocycles. The molecule has 198 valence electrons. The fourth-order valence-electron chi connectivity index (χ4n) is 5.95. The number of carbonyl (C=O) groups excluding carboxylic acids is 1. The molecule has 8 nitrogen and oxygen atoms in total. The second kappa shape index (κ2) is 11.2. The Hall–Kier alpha value is -1.68. The summed E-state index contributed by atoms with van der Waals surface area (Å²) in [5.74, 6) is -0.142. The van der Waals surface area contributed by atoms with E-state index in [1.54, 1.807) is 5.48 Å². The van der Waals surface area contributed by atoms with Crippen molar-refractivity contribution in [3.63, 3.8) is 0 Å². The molecular weight excluding hydrogens is 464 g/mol. The van der Waals surface area contributed by atoms with E-state index in [1.807, 2.05) is 0 Å². The van der Waals surface area contributed by atoms with Crippen molar-refractivity contribution in [1.29, 1.82) is 0 Å². The van der Waals surface area contributed by atoms with E-state index in [1.165, 1.54) is 50.7 Å². The Morgan fingerprint density at radius 3 is 1.94 bits per heavy atom. The number of carbonyl (C=O) groups is 1. The molecule has 0 aromatic heterocycles. The molecule has 3 rings (SSSR count). The van der Waals surface area contributed by atoms with E-state index in [-0.39, 0.29) is 12.8 Å². The lowest BCUT2D eigenvalue weighted by atomic mass is 9.85. The number of benzene rings is 1. The number of nitrogens with one attached hydrogen (secondary N) is 2. The van der Waals surface area contributed by atoms with Crippen LogP contribution in [0.15, 0.2) is 0 Å². The quantitative estimate of drug-likeness (QED) is 0.369. The highest BCUT2D eigenvalue weighted by molar-refractivity contribution is 7.91.